The predicted octanol–water partition coefficient (Wildman–Crippen LogP) is 2.24. The van der Waals surface area contributed by atoms with Gasteiger partial charge >= 0.3 is 0 Å². The summed E-state index contributed by atoms with van der Waals surface area (Å²) in [6.45, 7) is 1.97. The first kappa shape index (κ1) is 9.98. The van der Waals surface area contributed by atoms with Crippen molar-refractivity contribution in [3.05, 3.63) is 35.4 Å². The van der Waals surface area contributed by atoms with E-state index in [9.17, 15) is 0 Å². The number of halogens is 1. The molecule has 2 rings (SSSR count). The molecule has 0 aliphatic carbocycles. The van der Waals surface area contributed by atoms with Crippen LogP contribution in [0.15, 0.2) is 24.5 Å². The van der Waals surface area contributed by atoms with Crippen LogP contribution in [0.3, 0.4) is 0 Å². The maximum absolute atomic E-state index is 5.86. The van der Waals surface area contributed by atoms with Crippen LogP contribution in [0.1, 0.15) is 5.56 Å². The molecule has 0 N–H and O–H groups in total. The summed E-state index contributed by atoms with van der Waals surface area (Å²) < 4.78 is 6.88. The van der Waals surface area contributed by atoms with Gasteiger partial charge in [0.25, 0.3) is 0 Å². The van der Waals surface area contributed by atoms with Crippen molar-refractivity contribution in [3.63, 3.8) is 0 Å². The Balaban J connectivity index is 2.47. The number of aryl methyl sites for hydroxylation is 1. The van der Waals surface area contributed by atoms with E-state index >= 15 is 0 Å². The molecule has 5 heteroatoms. The molecule has 78 valence electrons. The predicted molar refractivity (Wildman–Crippen MR) is 57.7 cm³/mol. The van der Waals surface area contributed by atoms with Gasteiger partial charge in [-0.25, -0.2) is 0 Å². The van der Waals surface area contributed by atoms with E-state index in [2.05, 4.69) is 10.2 Å². The van der Waals surface area contributed by atoms with Crippen LogP contribution in [-0.4, -0.2) is 21.9 Å². The SMILES string of the molecule is COc1ccc(-n2cnnc2Cl)cc1C. The van der Waals surface area contributed by atoms with Crippen molar-refractivity contribution < 1.29 is 4.74 Å². The summed E-state index contributed by atoms with van der Waals surface area (Å²) in [4.78, 5) is 0. The average Bonchev–Trinajstić information content (AvgIpc) is 2.64. The Morgan fingerprint density at radius 1 is 1.40 bits per heavy atom. The molecule has 0 atom stereocenters. The molecule has 2 aromatic rings. The molecule has 0 fully saturated rings. The fourth-order valence-corrected chi connectivity index (χ4v) is 1.59. The second kappa shape index (κ2) is 3.90. The van der Waals surface area contributed by atoms with Gasteiger partial charge in [-0.3, -0.25) is 4.57 Å². The molecule has 1 aromatic carbocycles. The number of hydrogen-bond donors (Lipinski definition) is 0. The number of ether oxygens (including phenoxy) is 1. The summed E-state index contributed by atoms with van der Waals surface area (Å²) in [5, 5.41) is 7.78. The van der Waals surface area contributed by atoms with Crippen molar-refractivity contribution >= 4 is 11.6 Å². The largest absolute Gasteiger partial charge is 0.496 e. The average molecular weight is 224 g/mol. The Kier molecular flexibility index (Phi) is 2.60. The monoisotopic (exact) mass is 223 g/mol. The first-order valence-electron chi connectivity index (χ1n) is 4.43. The third kappa shape index (κ3) is 1.80. The van der Waals surface area contributed by atoms with Gasteiger partial charge in [0.15, 0.2) is 0 Å². The summed E-state index contributed by atoms with van der Waals surface area (Å²) in [6, 6.07) is 5.76. The van der Waals surface area contributed by atoms with Crippen LogP contribution in [0.25, 0.3) is 5.69 Å². The number of rotatable bonds is 2. The second-order valence-electron chi connectivity index (χ2n) is 3.12. The van der Waals surface area contributed by atoms with Crippen molar-refractivity contribution in [2.24, 2.45) is 0 Å². The Bertz CT molecular complexity index is 481. The van der Waals surface area contributed by atoms with E-state index in [1.807, 2.05) is 25.1 Å². The molecular weight excluding hydrogens is 214 g/mol. The lowest BCUT2D eigenvalue weighted by molar-refractivity contribution is 0.411. The number of aromatic nitrogens is 3. The summed E-state index contributed by atoms with van der Waals surface area (Å²) >= 11 is 5.86. The highest BCUT2D eigenvalue weighted by Crippen LogP contribution is 2.22. The molecule has 0 spiro atoms. The van der Waals surface area contributed by atoms with E-state index in [-0.39, 0.29) is 0 Å². The third-order valence-electron chi connectivity index (χ3n) is 2.16. The van der Waals surface area contributed by atoms with Crippen LogP contribution in [0, 0.1) is 6.92 Å². The van der Waals surface area contributed by atoms with Gasteiger partial charge in [0.2, 0.25) is 5.28 Å². The number of benzene rings is 1. The van der Waals surface area contributed by atoms with Crippen molar-refractivity contribution in [1.82, 2.24) is 14.8 Å². The molecule has 4 nitrogen and oxygen atoms in total. The van der Waals surface area contributed by atoms with Crippen molar-refractivity contribution in [2.45, 2.75) is 6.92 Å². The molecule has 1 aromatic heterocycles. The van der Waals surface area contributed by atoms with Crippen LogP contribution in [-0.2, 0) is 0 Å². The molecule has 0 aliphatic heterocycles. The minimum atomic E-state index is 0.347. The highest BCUT2D eigenvalue weighted by atomic mass is 35.5. The Morgan fingerprint density at radius 3 is 2.73 bits per heavy atom. The van der Waals surface area contributed by atoms with Crippen molar-refractivity contribution in [3.8, 4) is 11.4 Å². The van der Waals surface area contributed by atoms with Crippen molar-refractivity contribution in [1.29, 1.82) is 0 Å². The first-order valence-corrected chi connectivity index (χ1v) is 4.80. The van der Waals surface area contributed by atoms with Gasteiger partial charge < -0.3 is 4.74 Å². The summed E-state index contributed by atoms with van der Waals surface area (Å²) in [7, 11) is 1.65. The molecule has 0 aliphatic rings. The van der Waals surface area contributed by atoms with Crippen LogP contribution in [0.5, 0.6) is 5.75 Å². The van der Waals surface area contributed by atoms with Gasteiger partial charge in [0.05, 0.1) is 12.8 Å². The van der Waals surface area contributed by atoms with Gasteiger partial charge in [0.1, 0.15) is 12.1 Å². The first-order chi connectivity index (χ1) is 7.22. The highest BCUT2D eigenvalue weighted by molar-refractivity contribution is 6.28. The van der Waals surface area contributed by atoms with E-state index in [1.54, 1.807) is 18.0 Å². The number of hydrogen-bond acceptors (Lipinski definition) is 3. The van der Waals surface area contributed by atoms with Gasteiger partial charge in [-0.05, 0) is 42.3 Å². The number of nitrogens with zero attached hydrogens (tertiary/aromatic N) is 3. The lowest BCUT2D eigenvalue weighted by atomic mass is 10.2. The smallest absolute Gasteiger partial charge is 0.229 e. The Hall–Kier alpha value is -1.55. The highest BCUT2D eigenvalue weighted by Gasteiger charge is 2.05. The number of methoxy groups -OCH3 is 1. The summed E-state index contributed by atoms with van der Waals surface area (Å²) in [5.41, 5.74) is 1.96. The molecular formula is C10H10ClN3O. The zero-order valence-corrected chi connectivity index (χ0v) is 9.19. The lowest BCUT2D eigenvalue weighted by Crippen LogP contribution is -1.94. The summed E-state index contributed by atoms with van der Waals surface area (Å²) in [5.74, 6) is 0.850. The molecule has 15 heavy (non-hydrogen) atoms. The quantitative estimate of drug-likeness (QED) is 0.784. The second-order valence-corrected chi connectivity index (χ2v) is 3.46. The molecule has 0 radical (unpaired) electrons. The maximum atomic E-state index is 5.86. The van der Waals surface area contributed by atoms with Gasteiger partial charge in [-0.15, -0.1) is 10.2 Å². The fraction of sp³-hybridized carbons (Fsp3) is 0.200. The van der Waals surface area contributed by atoms with Crippen LogP contribution >= 0.6 is 11.6 Å². The Labute approximate surface area is 92.5 Å². The van der Waals surface area contributed by atoms with E-state index in [4.69, 9.17) is 16.3 Å². The van der Waals surface area contributed by atoms with Crippen LogP contribution < -0.4 is 4.74 Å². The molecule has 0 bridgehead atoms. The van der Waals surface area contributed by atoms with Crippen LogP contribution in [0.2, 0.25) is 5.28 Å². The Morgan fingerprint density at radius 2 is 2.20 bits per heavy atom. The van der Waals surface area contributed by atoms with Gasteiger partial charge in [0, 0.05) is 0 Å². The normalized spacial score (nSPS) is 10.3. The minimum absolute atomic E-state index is 0.347. The third-order valence-corrected chi connectivity index (χ3v) is 2.42. The molecule has 0 saturated heterocycles. The zero-order valence-electron chi connectivity index (χ0n) is 8.44. The molecule has 0 saturated carbocycles. The minimum Gasteiger partial charge on any atom is -0.496 e. The van der Waals surface area contributed by atoms with Gasteiger partial charge in [-0.1, -0.05) is 0 Å². The van der Waals surface area contributed by atoms with E-state index in [0.29, 0.717) is 5.28 Å². The lowest BCUT2D eigenvalue weighted by Gasteiger charge is -2.07. The van der Waals surface area contributed by atoms with Gasteiger partial charge in [-0.2, -0.15) is 0 Å². The summed E-state index contributed by atoms with van der Waals surface area (Å²) in [6.07, 6.45) is 1.57. The maximum Gasteiger partial charge on any atom is 0.229 e. The van der Waals surface area contributed by atoms with Crippen molar-refractivity contribution in [2.75, 3.05) is 7.11 Å². The molecule has 1 heterocycles. The topological polar surface area (TPSA) is 39.9 Å². The zero-order chi connectivity index (χ0) is 10.8. The van der Waals surface area contributed by atoms with E-state index in [0.717, 1.165) is 17.0 Å². The molecule has 0 unspecified atom stereocenters. The van der Waals surface area contributed by atoms with E-state index < -0.39 is 0 Å². The van der Waals surface area contributed by atoms with E-state index in [1.165, 1.54) is 0 Å². The fourth-order valence-electron chi connectivity index (χ4n) is 1.41. The molecule has 0 amide bonds. The standard InChI is InChI=1S/C10H10ClN3O/c1-7-5-8(3-4-9(7)15-2)14-6-12-13-10(14)11/h3-6H,1-2H3. The van der Waals surface area contributed by atoms with Crippen LogP contribution in [0.4, 0.5) is 0 Å².